The first-order valence-corrected chi connectivity index (χ1v) is 8.22. The number of ether oxygens (including phenoxy) is 1. The van der Waals surface area contributed by atoms with Gasteiger partial charge in [-0.05, 0) is 50.2 Å². The molecule has 0 amide bonds. The molecule has 1 unspecified atom stereocenters. The third-order valence-corrected chi connectivity index (χ3v) is 4.77. The maximum Gasteiger partial charge on any atom is 0.125 e. The molecular formula is C18H30N2O. The molecule has 118 valence electrons. The van der Waals surface area contributed by atoms with Gasteiger partial charge in [0.15, 0.2) is 0 Å². The van der Waals surface area contributed by atoms with Gasteiger partial charge in [-0.2, -0.15) is 0 Å². The molecule has 1 saturated heterocycles. The summed E-state index contributed by atoms with van der Waals surface area (Å²) in [6.07, 6.45) is 3.87. The molecule has 21 heavy (non-hydrogen) atoms. The quantitative estimate of drug-likeness (QED) is 0.911. The van der Waals surface area contributed by atoms with E-state index in [9.17, 15) is 0 Å². The molecule has 3 heteroatoms. The summed E-state index contributed by atoms with van der Waals surface area (Å²) in [5.41, 5.74) is 8.61. The van der Waals surface area contributed by atoms with Crippen molar-refractivity contribution in [3.05, 3.63) is 23.8 Å². The first-order chi connectivity index (χ1) is 10.0. The van der Waals surface area contributed by atoms with E-state index in [4.69, 9.17) is 10.5 Å². The minimum Gasteiger partial charge on any atom is -0.496 e. The summed E-state index contributed by atoms with van der Waals surface area (Å²) < 4.78 is 5.52. The summed E-state index contributed by atoms with van der Waals surface area (Å²) in [6.45, 7) is 8.97. The summed E-state index contributed by atoms with van der Waals surface area (Å²) in [7, 11) is 1.72. The molecule has 0 bridgehead atoms. The molecule has 1 fully saturated rings. The van der Waals surface area contributed by atoms with Crippen molar-refractivity contribution in [1.29, 1.82) is 0 Å². The molecule has 2 N–H and O–H groups in total. The highest BCUT2D eigenvalue weighted by Crippen LogP contribution is 2.35. The van der Waals surface area contributed by atoms with Gasteiger partial charge < -0.3 is 15.4 Å². The SMILES string of the molecule is COc1cccc(N2CCCC(C(C)C)CC2)c1[C@H](C)N. The molecule has 0 saturated carbocycles. The van der Waals surface area contributed by atoms with Gasteiger partial charge in [-0.15, -0.1) is 0 Å². The van der Waals surface area contributed by atoms with Crippen LogP contribution in [0, 0.1) is 11.8 Å². The molecule has 1 aromatic rings. The van der Waals surface area contributed by atoms with Crippen LogP contribution in [0.25, 0.3) is 0 Å². The summed E-state index contributed by atoms with van der Waals surface area (Å²) in [5, 5.41) is 0. The lowest BCUT2D eigenvalue weighted by molar-refractivity contribution is 0.351. The number of benzene rings is 1. The van der Waals surface area contributed by atoms with Crippen LogP contribution >= 0.6 is 0 Å². The van der Waals surface area contributed by atoms with Crippen LogP contribution in [0.1, 0.15) is 51.6 Å². The molecule has 0 radical (unpaired) electrons. The van der Waals surface area contributed by atoms with Gasteiger partial charge in [0.25, 0.3) is 0 Å². The monoisotopic (exact) mass is 290 g/mol. The molecule has 0 aromatic heterocycles. The Hall–Kier alpha value is -1.22. The maximum atomic E-state index is 6.21. The molecular weight excluding hydrogens is 260 g/mol. The van der Waals surface area contributed by atoms with Gasteiger partial charge in [0.1, 0.15) is 5.75 Å². The standard InChI is InChI=1S/C18H30N2O/c1-13(2)15-7-6-11-20(12-10-15)16-8-5-9-17(21-4)18(16)14(3)19/h5,8-9,13-15H,6-7,10-12,19H2,1-4H3/t14-,15?/m0/s1. The van der Waals surface area contributed by atoms with E-state index in [1.807, 2.05) is 13.0 Å². The largest absolute Gasteiger partial charge is 0.496 e. The van der Waals surface area contributed by atoms with Crippen molar-refractivity contribution in [2.24, 2.45) is 17.6 Å². The Bertz CT molecular complexity index is 457. The second kappa shape index (κ2) is 7.17. The predicted octanol–water partition coefficient (Wildman–Crippen LogP) is 3.98. The minimum absolute atomic E-state index is 0.0136. The molecule has 1 aliphatic heterocycles. The lowest BCUT2D eigenvalue weighted by Gasteiger charge is -2.28. The van der Waals surface area contributed by atoms with Gasteiger partial charge >= 0.3 is 0 Å². The lowest BCUT2D eigenvalue weighted by Crippen LogP contribution is -2.27. The fraction of sp³-hybridized carbons (Fsp3) is 0.667. The van der Waals surface area contributed by atoms with E-state index in [1.165, 1.54) is 24.9 Å². The number of hydrogen-bond acceptors (Lipinski definition) is 3. The van der Waals surface area contributed by atoms with Crippen LogP contribution in [-0.4, -0.2) is 20.2 Å². The van der Waals surface area contributed by atoms with Gasteiger partial charge in [0.2, 0.25) is 0 Å². The Balaban J connectivity index is 2.25. The summed E-state index contributed by atoms with van der Waals surface area (Å²) in [5.74, 6) is 2.54. The Labute approximate surface area is 129 Å². The van der Waals surface area contributed by atoms with Gasteiger partial charge in [-0.1, -0.05) is 19.9 Å². The second-order valence-corrected chi connectivity index (χ2v) is 6.60. The molecule has 0 spiro atoms. The Morgan fingerprint density at radius 2 is 1.95 bits per heavy atom. The van der Waals surface area contributed by atoms with E-state index in [1.54, 1.807) is 7.11 Å². The molecule has 2 rings (SSSR count). The number of nitrogens with two attached hydrogens (primary N) is 1. The van der Waals surface area contributed by atoms with Gasteiger partial charge in [0.05, 0.1) is 7.11 Å². The van der Waals surface area contributed by atoms with Gasteiger partial charge in [-0.3, -0.25) is 0 Å². The van der Waals surface area contributed by atoms with Crippen LogP contribution in [0.15, 0.2) is 18.2 Å². The Morgan fingerprint density at radius 1 is 1.19 bits per heavy atom. The van der Waals surface area contributed by atoms with Crippen molar-refractivity contribution in [2.45, 2.75) is 46.1 Å². The van der Waals surface area contributed by atoms with Crippen LogP contribution in [0.2, 0.25) is 0 Å². The topological polar surface area (TPSA) is 38.5 Å². The third kappa shape index (κ3) is 3.70. The number of rotatable bonds is 4. The van der Waals surface area contributed by atoms with Crippen molar-refractivity contribution in [3.8, 4) is 5.75 Å². The zero-order chi connectivity index (χ0) is 15.4. The second-order valence-electron chi connectivity index (χ2n) is 6.60. The molecule has 3 nitrogen and oxygen atoms in total. The first-order valence-electron chi connectivity index (χ1n) is 8.22. The minimum atomic E-state index is -0.0136. The normalized spacial score (nSPS) is 21.2. The fourth-order valence-electron chi connectivity index (χ4n) is 3.47. The average Bonchev–Trinajstić information content (AvgIpc) is 2.72. The fourth-order valence-corrected chi connectivity index (χ4v) is 3.47. The Kier molecular flexibility index (Phi) is 5.51. The van der Waals surface area contributed by atoms with Gasteiger partial charge in [0, 0.05) is 30.4 Å². The predicted molar refractivity (Wildman–Crippen MR) is 90.0 cm³/mol. The van der Waals surface area contributed by atoms with Crippen molar-refractivity contribution in [1.82, 2.24) is 0 Å². The summed E-state index contributed by atoms with van der Waals surface area (Å²) in [6, 6.07) is 6.26. The zero-order valence-corrected chi connectivity index (χ0v) is 13.9. The number of anilines is 1. The number of methoxy groups -OCH3 is 1. The van der Waals surface area contributed by atoms with Crippen LogP contribution in [0.3, 0.4) is 0 Å². The highest BCUT2D eigenvalue weighted by atomic mass is 16.5. The summed E-state index contributed by atoms with van der Waals surface area (Å²) >= 11 is 0. The maximum absolute atomic E-state index is 6.21. The van der Waals surface area contributed by atoms with Crippen molar-refractivity contribution in [2.75, 3.05) is 25.1 Å². The van der Waals surface area contributed by atoms with Crippen molar-refractivity contribution in [3.63, 3.8) is 0 Å². The average molecular weight is 290 g/mol. The Morgan fingerprint density at radius 3 is 2.57 bits per heavy atom. The van der Waals surface area contributed by atoms with E-state index in [2.05, 4.69) is 30.9 Å². The number of hydrogen-bond donors (Lipinski definition) is 1. The third-order valence-electron chi connectivity index (χ3n) is 4.77. The van der Waals surface area contributed by atoms with E-state index < -0.39 is 0 Å². The van der Waals surface area contributed by atoms with Gasteiger partial charge in [-0.25, -0.2) is 0 Å². The molecule has 1 aliphatic rings. The van der Waals surface area contributed by atoms with E-state index in [0.717, 1.165) is 36.2 Å². The lowest BCUT2D eigenvalue weighted by atomic mass is 9.89. The van der Waals surface area contributed by atoms with Crippen LogP contribution in [0.5, 0.6) is 5.75 Å². The molecule has 1 aromatic carbocycles. The van der Waals surface area contributed by atoms with Crippen LogP contribution in [-0.2, 0) is 0 Å². The van der Waals surface area contributed by atoms with E-state index in [0.29, 0.717) is 0 Å². The van der Waals surface area contributed by atoms with Crippen molar-refractivity contribution >= 4 is 5.69 Å². The van der Waals surface area contributed by atoms with E-state index >= 15 is 0 Å². The highest BCUT2D eigenvalue weighted by Gasteiger charge is 2.23. The molecule has 0 aliphatic carbocycles. The number of nitrogens with zero attached hydrogens (tertiary/aromatic N) is 1. The van der Waals surface area contributed by atoms with Crippen molar-refractivity contribution < 1.29 is 4.74 Å². The van der Waals surface area contributed by atoms with Crippen LogP contribution < -0.4 is 15.4 Å². The molecule has 2 atom stereocenters. The zero-order valence-electron chi connectivity index (χ0n) is 13.9. The van der Waals surface area contributed by atoms with E-state index in [-0.39, 0.29) is 6.04 Å². The summed E-state index contributed by atoms with van der Waals surface area (Å²) in [4.78, 5) is 2.50. The first kappa shape index (κ1) is 16.2. The highest BCUT2D eigenvalue weighted by molar-refractivity contribution is 5.60. The van der Waals surface area contributed by atoms with Crippen LogP contribution in [0.4, 0.5) is 5.69 Å². The molecule has 1 heterocycles. The smallest absolute Gasteiger partial charge is 0.125 e.